The fraction of sp³-hybridized carbons (Fsp3) is 0.900. The van der Waals surface area contributed by atoms with Crippen LogP contribution in [0.4, 0.5) is 0 Å². The molecule has 3 nitrogen and oxygen atoms in total. The molecule has 2 N–H and O–H groups in total. The predicted octanol–water partition coefficient (Wildman–Crippen LogP) is 1.24. The van der Waals surface area contributed by atoms with Crippen LogP contribution < -0.4 is 0 Å². The van der Waals surface area contributed by atoms with Crippen molar-refractivity contribution in [2.45, 2.75) is 31.8 Å². The van der Waals surface area contributed by atoms with Crippen molar-refractivity contribution in [2.75, 3.05) is 0 Å². The Labute approximate surface area is 77.4 Å². The zero-order chi connectivity index (χ0) is 9.00. The van der Waals surface area contributed by atoms with Gasteiger partial charge in [-0.2, -0.15) is 0 Å². The number of hydrogen-bond acceptors (Lipinski definition) is 3. The number of oxime groups is 1. The van der Waals surface area contributed by atoms with Gasteiger partial charge in [-0.15, -0.1) is 0 Å². The minimum Gasteiger partial charge on any atom is -0.411 e. The predicted molar refractivity (Wildman–Crippen MR) is 47.7 cm³/mol. The zero-order valence-electron chi connectivity index (χ0n) is 7.56. The van der Waals surface area contributed by atoms with E-state index in [4.69, 9.17) is 5.21 Å². The molecule has 72 valence electrons. The maximum absolute atomic E-state index is 9.94. The van der Waals surface area contributed by atoms with Crippen LogP contribution in [0.3, 0.4) is 0 Å². The van der Waals surface area contributed by atoms with Crippen molar-refractivity contribution in [3.05, 3.63) is 0 Å². The van der Waals surface area contributed by atoms with Crippen LogP contribution >= 0.6 is 0 Å². The lowest BCUT2D eigenvalue weighted by molar-refractivity contribution is -0.0341. The highest BCUT2D eigenvalue weighted by Gasteiger charge is 2.51. The van der Waals surface area contributed by atoms with E-state index in [9.17, 15) is 5.11 Å². The molecule has 0 heterocycles. The quantitative estimate of drug-likeness (QED) is 0.436. The van der Waals surface area contributed by atoms with Gasteiger partial charge in [-0.1, -0.05) is 5.16 Å². The number of rotatable bonds is 0. The molecule has 0 aromatic carbocycles. The van der Waals surface area contributed by atoms with Crippen LogP contribution in [0.5, 0.6) is 0 Å². The molecule has 0 aromatic heterocycles. The van der Waals surface area contributed by atoms with Gasteiger partial charge in [0.1, 0.15) is 0 Å². The SMILES string of the molecule is O/N=C1/C2CC3CC(C2)C(O)C1C3. The third-order valence-electron chi connectivity index (χ3n) is 4.24. The van der Waals surface area contributed by atoms with Gasteiger partial charge in [-0.25, -0.2) is 0 Å². The van der Waals surface area contributed by atoms with Crippen molar-refractivity contribution >= 4 is 5.71 Å². The van der Waals surface area contributed by atoms with E-state index in [1.807, 2.05) is 0 Å². The molecule has 0 spiro atoms. The van der Waals surface area contributed by atoms with E-state index < -0.39 is 0 Å². The fourth-order valence-corrected chi connectivity index (χ4v) is 3.78. The highest BCUT2D eigenvalue weighted by Crippen LogP contribution is 2.52. The van der Waals surface area contributed by atoms with Gasteiger partial charge in [0.15, 0.2) is 0 Å². The maximum atomic E-state index is 9.94. The molecule has 4 saturated carbocycles. The van der Waals surface area contributed by atoms with Gasteiger partial charge in [-0.05, 0) is 37.5 Å². The molecule has 4 fully saturated rings. The minimum atomic E-state index is -0.223. The van der Waals surface area contributed by atoms with Gasteiger partial charge in [0.2, 0.25) is 0 Å². The Balaban J connectivity index is 1.98. The van der Waals surface area contributed by atoms with Crippen molar-refractivity contribution in [2.24, 2.45) is 28.8 Å². The average Bonchev–Trinajstić information content (AvgIpc) is 2.13. The van der Waals surface area contributed by atoms with Crippen molar-refractivity contribution in [3.8, 4) is 0 Å². The first-order valence-corrected chi connectivity index (χ1v) is 5.19. The lowest BCUT2D eigenvalue weighted by Crippen LogP contribution is -2.53. The zero-order valence-corrected chi connectivity index (χ0v) is 7.56. The van der Waals surface area contributed by atoms with Crippen LogP contribution in [0, 0.1) is 23.7 Å². The van der Waals surface area contributed by atoms with Crippen LogP contribution in [0.15, 0.2) is 5.16 Å². The van der Waals surface area contributed by atoms with Crippen LogP contribution in [0.25, 0.3) is 0 Å². The van der Waals surface area contributed by atoms with E-state index in [2.05, 4.69) is 5.16 Å². The number of nitrogens with zero attached hydrogens (tertiary/aromatic N) is 1. The second-order valence-electron chi connectivity index (χ2n) is 4.89. The second kappa shape index (κ2) is 2.47. The van der Waals surface area contributed by atoms with E-state index in [-0.39, 0.29) is 12.0 Å². The molecule has 4 aliphatic rings. The summed E-state index contributed by atoms with van der Waals surface area (Å²) in [5.74, 6) is 1.95. The lowest BCUT2D eigenvalue weighted by Gasteiger charge is -2.52. The molecule has 0 aliphatic heterocycles. The third-order valence-corrected chi connectivity index (χ3v) is 4.24. The maximum Gasteiger partial charge on any atom is 0.0658 e. The fourth-order valence-electron chi connectivity index (χ4n) is 3.78. The summed E-state index contributed by atoms with van der Waals surface area (Å²) in [4.78, 5) is 0. The summed E-state index contributed by atoms with van der Waals surface area (Å²) in [7, 11) is 0. The molecule has 0 radical (unpaired) electrons. The molecule has 4 bridgehead atoms. The Bertz CT molecular complexity index is 264. The van der Waals surface area contributed by atoms with E-state index in [0.717, 1.165) is 24.5 Å². The summed E-state index contributed by atoms with van der Waals surface area (Å²) < 4.78 is 0. The number of aliphatic hydroxyl groups excluding tert-OH is 1. The Morgan fingerprint density at radius 2 is 2.00 bits per heavy atom. The number of aliphatic hydroxyl groups is 1. The van der Waals surface area contributed by atoms with Gasteiger partial charge >= 0.3 is 0 Å². The third kappa shape index (κ3) is 0.909. The van der Waals surface area contributed by atoms with Crippen LogP contribution in [-0.4, -0.2) is 22.1 Å². The van der Waals surface area contributed by atoms with E-state index in [1.165, 1.54) is 12.8 Å². The molecule has 4 rings (SSSR count). The van der Waals surface area contributed by atoms with Gasteiger partial charge in [0.05, 0.1) is 11.8 Å². The summed E-state index contributed by atoms with van der Waals surface area (Å²) in [6.45, 7) is 0. The lowest BCUT2D eigenvalue weighted by atomic mass is 9.54. The molecule has 5 unspecified atom stereocenters. The van der Waals surface area contributed by atoms with E-state index in [1.54, 1.807) is 0 Å². The summed E-state index contributed by atoms with van der Waals surface area (Å²) in [5, 5.41) is 22.2. The van der Waals surface area contributed by atoms with Crippen LogP contribution in [0.2, 0.25) is 0 Å². The van der Waals surface area contributed by atoms with Gasteiger partial charge in [0, 0.05) is 11.8 Å². The molecule has 5 atom stereocenters. The molecule has 3 heteroatoms. The smallest absolute Gasteiger partial charge is 0.0658 e. The average molecular weight is 181 g/mol. The normalized spacial score (nSPS) is 56.1. The number of hydrogen-bond donors (Lipinski definition) is 2. The molecular formula is C10H15NO2. The highest BCUT2D eigenvalue weighted by atomic mass is 16.4. The largest absolute Gasteiger partial charge is 0.411 e. The highest BCUT2D eigenvalue weighted by molar-refractivity contribution is 5.90. The summed E-state index contributed by atoms with van der Waals surface area (Å²) in [6.07, 6.45) is 4.27. The Kier molecular flexibility index (Phi) is 1.48. The van der Waals surface area contributed by atoms with E-state index >= 15 is 0 Å². The van der Waals surface area contributed by atoms with Gasteiger partial charge in [-0.3, -0.25) is 0 Å². The molecule has 0 amide bonds. The second-order valence-corrected chi connectivity index (χ2v) is 4.89. The van der Waals surface area contributed by atoms with Gasteiger partial charge < -0.3 is 10.3 Å². The summed E-state index contributed by atoms with van der Waals surface area (Å²) in [5.41, 5.74) is 0.889. The minimum absolute atomic E-state index is 0.182. The Morgan fingerprint density at radius 3 is 2.77 bits per heavy atom. The van der Waals surface area contributed by atoms with Crippen LogP contribution in [-0.2, 0) is 0 Å². The molecular weight excluding hydrogens is 166 g/mol. The van der Waals surface area contributed by atoms with Crippen LogP contribution in [0.1, 0.15) is 25.7 Å². The first kappa shape index (κ1) is 7.80. The summed E-state index contributed by atoms with van der Waals surface area (Å²) in [6, 6.07) is 0. The van der Waals surface area contributed by atoms with Gasteiger partial charge in [0.25, 0.3) is 0 Å². The Morgan fingerprint density at radius 1 is 1.15 bits per heavy atom. The molecule has 4 aliphatic carbocycles. The first-order chi connectivity index (χ1) is 6.29. The van der Waals surface area contributed by atoms with E-state index in [0.29, 0.717) is 11.8 Å². The van der Waals surface area contributed by atoms with Crippen molar-refractivity contribution in [1.82, 2.24) is 0 Å². The van der Waals surface area contributed by atoms with Crippen molar-refractivity contribution in [3.63, 3.8) is 0 Å². The first-order valence-electron chi connectivity index (χ1n) is 5.19. The topological polar surface area (TPSA) is 52.8 Å². The Hall–Kier alpha value is -0.570. The molecule has 0 aromatic rings. The monoisotopic (exact) mass is 181 g/mol. The standard InChI is InChI=1S/C10H15NO2/c12-10-7-2-5-1-6(4-7)9(11-13)8(10)3-5/h5-8,10,12-13H,1-4H2/b11-9-. The molecule has 13 heavy (non-hydrogen) atoms. The molecule has 0 saturated heterocycles. The van der Waals surface area contributed by atoms with Crippen molar-refractivity contribution < 1.29 is 10.3 Å². The summed E-state index contributed by atoms with van der Waals surface area (Å²) >= 11 is 0. The van der Waals surface area contributed by atoms with Crippen molar-refractivity contribution in [1.29, 1.82) is 0 Å².